The Kier molecular flexibility index (Phi) is 4.37. The molecule has 0 aliphatic heterocycles. The zero-order valence-corrected chi connectivity index (χ0v) is 9.91. The molecule has 0 radical (unpaired) electrons. The number of pyridine rings is 1. The number of hydrogen-bond acceptors (Lipinski definition) is 4. The average Bonchev–Trinajstić information content (AvgIpc) is 2.21. The lowest BCUT2D eigenvalue weighted by molar-refractivity contribution is -0.386. The predicted octanol–water partition coefficient (Wildman–Crippen LogP) is 1.76. The van der Waals surface area contributed by atoms with E-state index in [-0.39, 0.29) is 10.6 Å². The van der Waals surface area contributed by atoms with Crippen molar-refractivity contribution in [2.75, 3.05) is 13.1 Å². The molecule has 5 heteroatoms. The molecule has 1 aromatic heterocycles. The Balaban J connectivity index is 2.95. The van der Waals surface area contributed by atoms with Gasteiger partial charge in [-0.15, -0.1) is 0 Å². The number of nitrogens with zero attached hydrogens (tertiary/aromatic N) is 2. The van der Waals surface area contributed by atoms with Crippen LogP contribution >= 0.6 is 0 Å². The van der Waals surface area contributed by atoms with Gasteiger partial charge in [-0.25, -0.2) is 0 Å². The fourth-order valence-electron chi connectivity index (χ4n) is 1.68. The topological polar surface area (TPSA) is 68.1 Å². The number of likely N-dealkylation sites (N-methyl/N-ethyl adjacent to an activating group) is 1. The van der Waals surface area contributed by atoms with Crippen LogP contribution in [0.25, 0.3) is 0 Å². The summed E-state index contributed by atoms with van der Waals surface area (Å²) >= 11 is 0. The highest BCUT2D eigenvalue weighted by molar-refractivity contribution is 5.47. The molecule has 0 bridgehead atoms. The normalized spacial score (nSPS) is 10.4. The van der Waals surface area contributed by atoms with Crippen LogP contribution in [-0.2, 0) is 6.42 Å². The summed E-state index contributed by atoms with van der Waals surface area (Å²) in [5, 5.41) is 14.1. The highest BCUT2D eigenvalue weighted by Crippen LogP contribution is 2.23. The molecule has 1 rings (SSSR count). The van der Waals surface area contributed by atoms with Crippen molar-refractivity contribution in [3.05, 3.63) is 33.1 Å². The van der Waals surface area contributed by atoms with E-state index in [2.05, 4.69) is 10.3 Å². The fourth-order valence-corrected chi connectivity index (χ4v) is 1.68. The molecular formula is C11H17N3O2. The van der Waals surface area contributed by atoms with E-state index in [0.717, 1.165) is 25.2 Å². The Morgan fingerprint density at radius 1 is 1.50 bits per heavy atom. The zero-order chi connectivity index (χ0) is 12.1. The number of nitrogens with one attached hydrogen (secondary N) is 1. The summed E-state index contributed by atoms with van der Waals surface area (Å²) in [6.45, 7) is 7.20. The molecule has 1 aromatic rings. The molecule has 0 saturated carbocycles. The van der Waals surface area contributed by atoms with Gasteiger partial charge in [0.25, 0.3) is 5.69 Å². The molecule has 0 aromatic carbocycles. The maximum absolute atomic E-state index is 10.9. The Bertz CT molecular complexity index is 391. The molecule has 0 fully saturated rings. The molecule has 0 saturated heterocycles. The largest absolute Gasteiger partial charge is 0.317 e. The Hall–Kier alpha value is -1.49. The molecule has 1 heterocycles. The first-order valence-electron chi connectivity index (χ1n) is 5.38. The van der Waals surface area contributed by atoms with E-state index in [1.54, 1.807) is 20.0 Å². The van der Waals surface area contributed by atoms with Gasteiger partial charge in [-0.1, -0.05) is 6.92 Å². The molecule has 0 spiro atoms. The van der Waals surface area contributed by atoms with Crippen LogP contribution in [0.2, 0.25) is 0 Å². The van der Waals surface area contributed by atoms with E-state index in [4.69, 9.17) is 0 Å². The maximum atomic E-state index is 10.9. The fraction of sp³-hybridized carbons (Fsp3) is 0.545. The molecule has 0 unspecified atom stereocenters. The van der Waals surface area contributed by atoms with Crippen LogP contribution in [0.3, 0.4) is 0 Å². The Morgan fingerprint density at radius 2 is 2.19 bits per heavy atom. The van der Waals surface area contributed by atoms with Gasteiger partial charge in [-0.05, 0) is 20.4 Å². The molecule has 1 N–H and O–H groups in total. The van der Waals surface area contributed by atoms with Gasteiger partial charge in [0.1, 0.15) is 0 Å². The monoisotopic (exact) mass is 223 g/mol. The first kappa shape index (κ1) is 12.6. The Labute approximate surface area is 95.0 Å². The van der Waals surface area contributed by atoms with Crippen molar-refractivity contribution < 1.29 is 4.92 Å². The minimum atomic E-state index is -0.330. The van der Waals surface area contributed by atoms with Gasteiger partial charge in [0.05, 0.1) is 10.6 Å². The molecular weight excluding hydrogens is 206 g/mol. The van der Waals surface area contributed by atoms with Crippen LogP contribution in [0.4, 0.5) is 5.69 Å². The second-order valence-corrected chi connectivity index (χ2v) is 3.72. The second-order valence-electron chi connectivity index (χ2n) is 3.72. The first-order valence-corrected chi connectivity index (χ1v) is 5.38. The zero-order valence-electron chi connectivity index (χ0n) is 9.91. The summed E-state index contributed by atoms with van der Waals surface area (Å²) < 4.78 is 0. The summed E-state index contributed by atoms with van der Waals surface area (Å²) in [6.07, 6.45) is 2.30. The standard InChI is InChI=1S/C11H17N3O2/c1-4-12-6-5-10-9(3)11(14(15)16)8(2)7-13-10/h7,12H,4-6H2,1-3H3. The van der Waals surface area contributed by atoms with E-state index in [0.29, 0.717) is 11.1 Å². The summed E-state index contributed by atoms with van der Waals surface area (Å²) in [5.41, 5.74) is 2.30. The van der Waals surface area contributed by atoms with Gasteiger partial charge in [0, 0.05) is 30.3 Å². The maximum Gasteiger partial charge on any atom is 0.278 e. The lowest BCUT2D eigenvalue weighted by atomic mass is 10.1. The van der Waals surface area contributed by atoms with Crippen LogP contribution in [0.15, 0.2) is 6.20 Å². The third kappa shape index (κ3) is 2.76. The SMILES string of the molecule is CCNCCc1ncc(C)c([N+](=O)[O-])c1C. The van der Waals surface area contributed by atoms with Crippen molar-refractivity contribution in [3.8, 4) is 0 Å². The van der Waals surface area contributed by atoms with Crippen LogP contribution in [-0.4, -0.2) is 23.0 Å². The highest BCUT2D eigenvalue weighted by atomic mass is 16.6. The first-order chi connectivity index (χ1) is 7.57. The van der Waals surface area contributed by atoms with E-state index in [1.165, 1.54) is 0 Å². The van der Waals surface area contributed by atoms with Gasteiger partial charge >= 0.3 is 0 Å². The molecule has 5 nitrogen and oxygen atoms in total. The van der Waals surface area contributed by atoms with Crippen molar-refractivity contribution >= 4 is 5.69 Å². The van der Waals surface area contributed by atoms with E-state index in [1.807, 2.05) is 6.92 Å². The smallest absolute Gasteiger partial charge is 0.278 e. The third-order valence-corrected chi connectivity index (χ3v) is 2.55. The molecule has 0 aliphatic rings. The van der Waals surface area contributed by atoms with Crippen molar-refractivity contribution in [3.63, 3.8) is 0 Å². The van der Waals surface area contributed by atoms with Crippen molar-refractivity contribution in [2.24, 2.45) is 0 Å². The van der Waals surface area contributed by atoms with Crippen LogP contribution < -0.4 is 5.32 Å². The average molecular weight is 223 g/mol. The Morgan fingerprint density at radius 3 is 2.75 bits per heavy atom. The van der Waals surface area contributed by atoms with Gasteiger partial charge < -0.3 is 5.32 Å². The number of hydrogen-bond donors (Lipinski definition) is 1. The highest BCUT2D eigenvalue weighted by Gasteiger charge is 2.17. The van der Waals surface area contributed by atoms with Crippen molar-refractivity contribution in [2.45, 2.75) is 27.2 Å². The number of rotatable bonds is 5. The molecule has 16 heavy (non-hydrogen) atoms. The van der Waals surface area contributed by atoms with E-state index in [9.17, 15) is 10.1 Å². The number of nitro groups is 1. The lowest BCUT2D eigenvalue weighted by Gasteiger charge is -2.07. The minimum Gasteiger partial charge on any atom is -0.317 e. The summed E-state index contributed by atoms with van der Waals surface area (Å²) in [5.74, 6) is 0. The molecule has 0 amide bonds. The second kappa shape index (κ2) is 5.55. The quantitative estimate of drug-likeness (QED) is 0.469. The van der Waals surface area contributed by atoms with Crippen molar-refractivity contribution in [1.29, 1.82) is 0 Å². The van der Waals surface area contributed by atoms with Crippen LogP contribution in [0.5, 0.6) is 0 Å². The van der Waals surface area contributed by atoms with Gasteiger partial charge in [0.2, 0.25) is 0 Å². The molecule has 0 aliphatic carbocycles. The third-order valence-electron chi connectivity index (χ3n) is 2.55. The summed E-state index contributed by atoms with van der Waals surface area (Å²) in [4.78, 5) is 14.8. The van der Waals surface area contributed by atoms with Crippen LogP contribution in [0.1, 0.15) is 23.7 Å². The lowest BCUT2D eigenvalue weighted by Crippen LogP contribution is -2.17. The van der Waals surface area contributed by atoms with Gasteiger partial charge in [-0.3, -0.25) is 15.1 Å². The van der Waals surface area contributed by atoms with Gasteiger partial charge in [-0.2, -0.15) is 0 Å². The van der Waals surface area contributed by atoms with Crippen molar-refractivity contribution in [1.82, 2.24) is 10.3 Å². The molecule has 0 atom stereocenters. The predicted molar refractivity (Wildman–Crippen MR) is 62.6 cm³/mol. The number of aryl methyl sites for hydroxylation is 1. The summed E-state index contributed by atoms with van der Waals surface area (Å²) in [6, 6.07) is 0. The summed E-state index contributed by atoms with van der Waals surface area (Å²) in [7, 11) is 0. The van der Waals surface area contributed by atoms with E-state index < -0.39 is 0 Å². The van der Waals surface area contributed by atoms with Crippen LogP contribution in [0, 0.1) is 24.0 Å². The molecule has 88 valence electrons. The minimum absolute atomic E-state index is 0.196. The van der Waals surface area contributed by atoms with E-state index >= 15 is 0 Å². The van der Waals surface area contributed by atoms with Gasteiger partial charge in [0.15, 0.2) is 0 Å². The number of aromatic nitrogens is 1.